The summed E-state index contributed by atoms with van der Waals surface area (Å²) in [6.45, 7) is 3.77. The first-order chi connectivity index (χ1) is 8.41. The van der Waals surface area contributed by atoms with Crippen molar-refractivity contribution in [3.8, 4) is 0 Å². The SMILES string of the molecule is CC(C)[C@H](NC(=O)NCc1ccnn1C)C(=O)O. The highest BCUT2D eigenvalue weighted by Crippen LogP contribution is 2.01. The Bertz CT molecular complexity index is 428. The van der Waals surface area contributed by atoms with Gasteiger partial charge in [0, 0.05) is 13.2 Å². The van der Waals surface area contributed by atoms with Gasteiger partial charge < -0.3 is 15.7 Å². The number of nitrogens with one attached hydrogen (secondary N) is 2. The predicted molar refractivity (Wildman–Crippen MR) is 64.8 cm³/mol. The molecule has 0 radical (unpaired) electrons. The van der Waals surface area contributed by atoms with Crippen molar-refractivity contribution < 1.29 is 14.7 Å². The van der Waals surface area contributed by atoms with Crippen LogP contribution in [0, 0.1) is 5.92 Å². The van der Waals surface area contributed by atoms with Gasteiger partial charge in [-0.3, -0.25) is 4.68 Å². The molecule has 1 aromatic rings. The number of nitrogens with zero attached hydrogens (tertiary/aromatic N) is 2. The molecule has 0 spiro atoms. The summed E-state index contributed by atoms with van der Waals surface area (Å²) in [7, 11) is 1.77. The van der Waals surface area contributed by atoms with Crippen molar-refractivity contribution in [1.29, 1.82) is 0 Å². The first kappa shape index (κ1) is 14.0. The number of hydrogen-bond donors (Lipinski definition) is 3. The summed E-state index contributed by atoms with van der Waals surface area (Å²) in [5.74, 6) is -1.22. The van der Waals surface area contributed by atoms with Crippen LogP contribution in [0.2, 0.25) is 0 Å². The van der Waals surface area contributed by atoms with E-state index in [9.17, 15) is 9.59 Å². The zero-order valence-electron chi connectivity index (χ0n) is 10.7. The molecule has 0 fully saturated rings. The lowest BCUT2D eigenvalue weighted by atomic mass is 10.1. The van der Waals surface area contributed by atoms with Gasteiger partial charge in [-0.05, 0) is 12.0 Å². The van der Waals surface area contributed by atoms with Crippen molar-refractivity contribution >= 4 is 12.0 Å². The predicted octanol–water partition coefficient (Wildman–Crippen LogP) is 0.328. The van der Waals surface area contributed by atoms with Crippen LogP contribution in [0.3, 0.4) is 0 Å². The lowest BCUT2D eigenvalue weighted by Crippen LogP contribution is -2.48. The molecule has 18 heavy (non-hydrogen) atoms. The Balaban J connectivity index is 2.46. The second-order valence-corrected chi connectivity index (χ2v) is 4.33. The summed E-state index contributed by atoms with van der Waals surface area (Å²) >= 11 is 0. The Hall–Kier alpha value is -2.05. The molecule has 0 aromatic carbocycles. The Kier molecular flexibility index (Phi) is 4.70. The summed E-state index contributed by atoms with van der Waals surface area (Å²) in [5, 5.41) is 17.9. The third-order valence-corrected chi connectivity index (χ3v) is 2.57. The zero-order chi connectivity index (χ0) is 13.7. The number of carboxylic acid groups (broad SMARTS) is 1. The molecule has 0 aliphatic carbocycles. The molecule has 2 amide bonds. The molecule has 0 aliphatic rings. The molecule has 1 heterocycles. The van der Waals surface area contributed by atoms with Crippen LogP contribution < -0.4 is 10.6 Å². The largest absolute Gasteiger partial charge is 0.480 e. The average molecular weight is 254 g/mol. The van der Waals surface area contributed by atoms with E-state index in [2.05, 4.69) is 15.7 Å². The van der Waals surface area contributed by atoms with Crippen LogP contribution in [0.15, 0.2) is 12.3 Å². The Morgan fingerprint density at radius 3 is 2.61 bits per heavy atom. The van der Waals surface area contributed by atoms with Gasteiger partial charge >= 0.3 is 12.0 Å². The molecule has 100 valence electrons. The molecule has 7 heteroatoms. The highest BCUT2D eigenvalue weighted by molar-refractivity contribution is 5.82. The quantitative estimate of drug-likeness (QED) is 0.705. The van der Waals surface area contributed by atoms with Crippen LogP contribution in [0.5, 0.6) is 0 Å². The standard InChI is InChI=1S/C11H18N4O3/c1-7(2)9(10(16)17)14-11(18)12-6-8-4-5-13-15(8)3/h4-5,7,9H,6H2,1-3H3,(H,16,17)(H2,12,14,18)/t9-/m0/s1. The number of amides is 2. The molecule has 3 N–H and O–H groups in total. The molecular weight excluding hydrogens is 236 g/mol. The molecule has 0 aliphatic heterocycles. The summed E-state index contributed by atoms with van der Waals surface area (Å²) < 4.78 is 1.64. The topological polar surface area (TPSA) is 96.3 Å². The summed E-state index contributed by atoms with van der Waals surface area (Å²) in [6, 6.07) is 0.381. The van der Waals surface area contributed by atoms with Gasteiger partial charge in [0.2, 0.25) is 0 Å². The molecule has 1 atom stereocenters. The third-order valence-electron chi connectivity index (χ3n) is 2.57. The van der Waals surface area contributed by atoms with Crippen LogP contribution in [0.1, 0.15) is 19.5 Å². The van der Waals surface area contributed by atoms with Gasteiger partial charge in [-0.15, -0.1) is 0 Å². The van der Waals surface area contributed by atoms with E-state index >= 15 is 0 Å². The number of aliphatic carboxylic acids is 1. The van der Waals surface area contributed by atoms with Gasteiger partial charge in [0.15, 0.2) is 0 Å². The number of carbonyl (C=O) groups is 2. The summed E-state index contributed by atoms with van der Waals surface area (Å²) in [6.07, 6.45) is 1.63. The maximum absolute atomic E-state index is 11.6. The monoisotopic (exact) mass is 254 g/mol. The maximum Gasteiger partial charge on any atom is 0.326 e. The number of aromatic nitrogens is 2. The van der Waals surface area contributed by atoms with Gasteiger partial charge in [0.1, 0.15) is 6.04 Å². The van der Waals surface area contributed by atoms with E-state index in [0.717, 1.165) is 5.69 Å². The van der Waals surface area contributed by atoms with Crippen molar-refractivity contribution in [2.75, 3.05) is 0 Å². The van der Waals surface area contributed by atoms with E-state index in [1.54, 1.807) is 37.8 Å². The number of rotatable bonds is 5. The smallest absolute Gasteiger partial charge is 0.326 e. The number of aryl methyl sites for hydroxylation is 1. The van der Waals surface area contributed by atoms with Crippen LogP contribution in [-0.2, 0) is 18.4 Å². The minimum absolute atomic E-state index is 0.176. The van der Waals surface area contributed by atoms with Gasteiger partial charge in [-0.25, -0.2) is 9.59 Å². The second-order valence-electron chi connectivity index (χ2n) is 4.33. The number of carboxylic acids is 1. The van der Waals surface area contributed by atoms with Gasteiger partial charge in [0.05, 0.1) is 12.2 Å². The van der Waals surface area contributed by atoms with Gasteiger partial charge in [-0.1, -0.05) is 13.8 Å². The van der Waals surface area contributed by atoms with E-state index < -0.39 is 18.0 Å². The fraction of sp³-hybridized carbons (Fsp3) is 0.545. The number of urea groups is 1. The minimum Gasteiger partial charge on any atom is -0.480 e. The normalized spacial score (nSPS) is 12.2. The molecule has 0 saturated heterocycles. The van der Waals surface area contributed by atoms with Gasteiger partial charge in [-0.2, -0.15) is 5.10 Å². The van der Waals surface area contributed by atoms with Gasteiger partial charge in [0.25, 0.3) is 0 Å². The van der Waals surface area contributed by atoms with Crippen molar-refractivity contribution in [3.63, 3.8) is 0 Å². The van der Waals surface area contributed by atoms with Crippen LogP contribution in [0.4, 0.5) is 4.79 Å². The maximum atomic E-state index is 11.6. The Morgan fingerprint density at radius 2 is 2.17 bits per heavy atom. The first-order valence-electron chi connectivity index (χ1n) is 5.66. The fourth-order valence-electron chi connectivity index (χ4n) is 1.45. The zero-order valence-corrected chi connectivity index (χ0v) is 10.7. The fourth-order valence-corrected chi connectivity index (χ4v) is 1.45. The first-order valence-corrected chi connectivity index (χ1v) is 5.66. The number of carbonyl (C=O) groups excluding carboxylic acids is 1. The Labute approximate surface area is 105 Å². The van der Waals surface area contributed by atoms with Crippen LogP contribution >= 0.6 is 0 Å². The van der Waals surface area contributed by atoms with E-state index in [1.807, 2.05) is 0 Å². The molecular formula is C11H18N4O3. The second kappa shape index (κ2) is 6.04. The van der Waals surface area contributed by atoms with E-state index in [4.69, 9.17) is 5.11 Å². The molecule has 7 nitrogen and oxygen atoms in total. The molecule has 0 saturated carbocycles. The van der Waals surface area contributed by atoms with E-state index in [0.29, 0.717) is 6.54 Å². The van der Waals surface area contributed by atoms with E-state index in [1.165, 1.54) is 0 Å². The van der Waals surface area contributed by atoms with Crippen molar-refractivity contribution in [2.45, 2.75) is 26.4 Å². The summed E-state index contributed by atoms with van der Waals surface area (Å²) in [5.41, 5.74) is 0.835. The average Bonchev–Trinajstić information content (AvgIpc) is 2.68. The Morgan fingerprint density at radius 1 is 1.50 bits per heavy atom. The lowest BCUT2D eigenvalue weighted by molar-refractivity contribution is -0.140. The van der Waals surface area contributed by atoms with Crippen molar-refractivity contribution in [2.24, 2.45) is 13.0 Å². The lowest BCUT2D eigenvalue weighted by Gasteiger charge is -2.18. The minimum atomic E-state index is -1.04. The van der Waals surface area contributed by atoms with Crippen molar-refractivity contribution in [3.05, 3.63) is 18.0 Å². The highest BCUT2D eigenvalue weighted by atomic mass is 16.4. The molecule has 0 bridgehead atoms. The van der Waals surface area contributed by atoms with Crippen molar-refractivity contribution in [1.82, 2.24) is 20.4 Å². The van der Waals surface area contributed by atoms with E-state index in [-0.39, 0.29) is 5.92 Å². The molecule has 1 rings (SSSR count). The third kappa shape index (κ3) is 3.76. The number of hydrogen-bond acceptors (Lipinski definition) is 3. The van der Waals surface area contributed by atoms with Crippen LogP contribution in [0.25, 0.3) is 0 Å². The molecule has 1 aromatic heterocycles. The highest BCUT2D eigenvalue weighted by Gasteiger charge is 2.23. The summed E-state index contributed by atoms with van der Waals surface area (Å²) in [4.78, 5) is 22.5. The van der Waals surface area contributed by atoms with Crippen LogP contribution in [-0.4, -0.2) is 32.9 Å². The molecule has 0 unspecified atom stereocenters.